The minimum atomic E-state index is -0.141. The standard InChI is InChI=1S/C20H27N5O2/c1-3-24(2)19-17(15-22-18(23-19)16-7-5-4-6-8-16)20(26)21-9-10-25-11-13-27-14-12-25/h4-8,15H,3,9-14H2,1-2H3,(H,21,26). The van der Waals surface area contributed by atoms with Crippen LogP contribution in [0.15, 0.2) is 36.5 Å². The lowest BCUT2D eigenvalue weighted by Crippen LogP contribution is -2.41. The molecule has 0 saturated carbocycles. The molecule has 1 aliphatic rings. The van der Waals surface area contributed by atoms with Crippen LogP contribution < -0.4 is 10.2 Å². The number of nitrogens with one attached hydrogen (secondary N) is 1. The monoisotopic (exact) mass is 369 g/mol. The molecule has 1 aromatic carbocycles. The number of amides is 1. The van der Waals surface area contributed by atoms with Gasteiger partial charge in [-0.3, -0.25) is 9.69 Å². The molecule has 0 unspecified atom stereocenters. The van der Waals surface area contributed by atoms with Crippen molar-refractivity contribution in [3.05, 3.63) is 42.1 Å². The summed E-state index contributed by atoms with van der Waals surface area (Å²) in [7, 11) is 1.93. The summed E-state index contributed by atoms with van der Waals surface area (Å²) in [6, 6.07) is 9.79. The number of nitrogens with zero attached hydrogens (tertiary/aromatic N) is 4. The van der Waals surface area contributed by atoms with Gasteiger partial charge in [-0.15, -0.1) is 0 Å². The topological polar surface area (TPSA) is 70.6 Å². The van der Waals surface area contributed by atoms with Gasteiger partial charge in [0.1, 0.15) is 11.4 Å². The lowest BCUT2D eigenvalue weighted by Gasteiger charge is -2.26. The molecule has 1 fully saturated rings. The maximum Gasteiger partial charge on any atom is 0.256 e. The summed E-state index contributed by atoms with van der Waals surface area (Å²) in [6.07, 6.45) is 1.63. The molecule has 2 heterocycles. The smallest absolute Gasteiger partial charge is 0.256 e. The molecule has 0 atom stereocenters. The number of carbonyl (C=O) groups is 1. The van der Waals surface area contributed by atoms with Gasteiger partial charge >= 0.3 is 0 Å². The van der Waals surface area contributed by atoms with Crippen LogP contribution in [0.2, 0.25) is 0 Å². The molecular formula is C20H27N5O2. The molecule has 1 N–H and O–H groups in total. The maximum absolute atomic E-state index is 12.7. The van der Waals surface area contributed by atoms with Gasteiger partial charge in [0.15, 0.2) is 5.82 Å². The fraction of sp³-hybridized carbons (Fsp3) is 0.450. The summed E-state index contributed by atoms with van der Waals surface area (Å²) in [4.78, 5) is 26.0. The van der Waals surface area contributed by atoms with E-state index in [1.807, 2.05) is 49.2 Å². The first-order valence-electron chi connectivity index (χ1n) is 9.41. The van der Waals surface area contributed by atoms with Gasteiger partial charge in [-0.25, -0.2) is 9.97 Å². The molecule has 2 aromatic rings. The van der Waals surface area contributed by atoms with Crippen LogP contribution in [0.5, 0.6) is 0 Å². The van der Waals surface area contributed by atoms with Crippen molar-refractivity contribution in [2.45, 2.75) is 6.92 Å². The minimum absolute atomic E-state index is 0.141. The van der Waals surface area contributed by atoms with Crippen molar-refractivity contribution in [3.8, 4) is 11.4 Å². The van der Waals surface area contributed by atoms with Crippen LogP contribution in [0.4, 0.5) is 5.82 Å². The molecular weight excluding hydrogens is 342 g/mol. The van der Waals surface area contributed by atoms with Crippen molar-refractivity contribution in [1.29, 1.82) is 0 Å². The first kappa shape index (κ1) is 19.3. The van der Waals surface area contributed by atoms with E-state index in [4.69, 9.17) is 4.74 Å². The zero-order valence-corrected chi connectivity index (χ0v) is 16.0. The number of carbonyl (C=O) groups excluding carboxylic acids is 1. The third-order valence-electron chi connectivity index (χ3n) is 4.70. The Hall–Kier alpha value is -2.51. The normalized spacial score (nSPS) is 14.7. The number of hydrogen-bond acceptors (Lipinski definition) is 6. The molecule has 144 valence electrons. The Morgan fingerprint density at radius 1 is 1.26 bits per heavy atom. The SMILES string of the molecule is CCN(C)c1nc(-c2ccccc2)ncc1C(=O)NCCN1CCOCC1. The van der Waals surface area contributed by atoms with Crippen LogP contribution in [0.1, 0.15) is 17.3 Å². The average molecular weight is 369 g/mol. The third kappa shape index (κ3) is 5.02. The molecule has 1 aromatic heterocycles. The van der Waals surface area contributed by atoms with Crippen molar-refractivity contribution in [1.82, 2.24) is 20.2 Å². The van der Waals surface area contributed by atoms with E-state index >= 15 is 0 Å². The van der Waals surface area contributed by atoms with Crippen molar-refractivity contribution < 1.29 is 9.53 Å². The molecule has 0 spiro atoms. The third-order valence-corrected chi connectivity index (χ3v) is 4.70. The van der Waals surface area contributed by atoms with E-state index in [1.54, 1.807) is 6.20 Å². The summed E-state index contributed by atoms with van der Waals surface area (Å²) in [5.41, 5.74) is 1.43. The molecule has 0 aliphatic carbocycles. The van der Waals surface area contributed by atoms with E-state index in [2.05, 4.69) is 20.2 Å². The largest absolute Gasteiger partial charge is 0.379 e. The minimum Gasteiger partial charge on any atom is -0.379 e. The predicted molar refractivity (Wildman–Crippen MR) is 106 cm³/mol. The van der Waals surface area contributed by atoms with E-state index in [-0.39, 0.29) is 5.91 Å². The first-order valence-corrected chi connectivity index (χ1v) is 9.41. The van der Waals surface area contributed by atoms with Gasteiger partial charge in [-0.1, -0.05) is 30.3 Å². The highest BCUT2D eigenvalue weighted by Gasteiger charge is 2.18. The number of aromatic nitrogens is 2. The number of ether oxygens (including phenoxy) is 1. The van der Waals surface area contributed by atoms with Gasteiger partial charge in [0, 0.05) is 51.5 Å². The van der Waals surface area contributed by atoms with Crippen molar-refractivity contribution in [3.63, 3.8) is 0 Å². The molecule has 7 nitrogen and oxygen atoms in total. The van der Waals surface area contributed by atoms with Crippen molar-refractivity contribution >= 4 is 11.7 Å². The summed E-state index contributed by atoms with van der Waals surface area (Å²) in [5, 5.41) is 3.00. The maximum atomic E-state index is 12.7. The fourth-order valence-electron chi connectivity index (χ4n) is 2.95. The molecule has 3 rings (SSSR count). The van der Waals surface area contributed by atoms with Crippen molar-refractivity contribution in [2.24, 2.45) is 0 Å². The molecule has 0 radical (unpaired) electrons. The number of hydrogen-bond donors (Lipinski definition) is 1. The summed E-state index contributed by atoms with van der Waals surface area (Å²) in [5.74, 6) is 1.13. The van der Waals surface area contributed by atoms with Gasteiger partial charge in [-0.2, -0.15) is 0 Å². The second kappa shape index (κ2) is 9.43. The van der Waals surface area contributed by atoms with E-state index in [9.17, 15) is 4.79 Å². The Balaban J connectivity index is 1.72. The molecule has 1 amide bonds. The number of anilines is 1. The van der Waals surface area contributed by atoms with E-state index < -0.39 is 0 Å². The van der Waals surface area contributed by atoms with Gasteiger partial charge in [0.25, 0.3) is 5.91 Å². The first-order chi connectivity index (χ1) is 13.2. The highest BCUT2D eigenvalue weighted by Crippen LogP contribution is 2.21. The Morgan fingerprint density at radius 3 is 2.70 bits per heavy atom. The lowest BCUT2D eigenvalue weighted by molar-refractivity contribution is 0.0383. The molecule has 0 bridgehead atoms. The highest BCUT2D eigenvalue weighted by molar-refractivity contribution is 5.98. The zero-order valence-electron chi connectivity index (χ0n) is 16.0. The van der Waals surface area contributed by atoms with Crippen LogP contribution in [0.25, 0.3) is 11.4 Å². The van der Waals surface area contributed by atoms with Gasteiger partial charge in [-0.05, 0) is 6.92 Å². The van der Waals surface area contributed by atoms with Crippen molar-refractivity contribution in [2.75, 3.05) is 57.9 Å². The van der Waals surface area contributed by atoms with Gasteiger partial charge in [0.05, 0.1) is 13.2 Å². The molecule has 1 saturated heterocycles. The molecule has 27 heavy (non-hydrogen) atoms. The molecule has 1 aliphatic heterocycles. The lowest BCUT2D eigenvalue weighted by atomic mass is 10.2. The van der Waals surface area contributed by atoms with E-state index in [1.165, 1.54) is 0 Å². The van der Waals surface area contributed by atoms with E-state index in [0.717, 1.165) is 45.0 Å². The Labute approximate surface area is 160 Å². The van der Waals surface area contributed by atoms with Crippen LogP contribution in [-0.2, 0) is 4.74 Å². The van der Waals surface area contributed by atoms with Crippen LogP contribution in [0.3, 0.4) is 0 Å². The highest BCUT2D eigenvalue weighted by atomic mass is 16.5. The Kier molecular flexibility index (Phi) is 6.73. The van der Waals surface area contributed by atoms with Crippen LogP contribution in [0, 0.1) is 0 Å². The Bertz CT molecular complexity index is 747. The zero-order chi connectivity index (χ0) is 19.1. The number of morpholine rings is 1. The second-order valence-electron chi connectivity index (χ2n) is 6.52. The average Bonchev–Trinajstić information content (AvgIpc) is 2.74. The van der Waals surface area contributed by atoms with Crippen LogP contribution in [-0.4, -0.2) is 73.8 Å². The molecule has 7 heteroatoms. The second-order valence-corrected chi connectivity index (χ2v) is 6.52. The predicted octanol–water partition coefficient (Wildman–Crippen LogP) is 1.66. The number of benzene rings is 1. The number of rotatable bonds is 7. The Morgan fingerprint density at radius 2 is 2.00 bits per heavy atom. The summed E-state index contributed by atoms with van der Waals surface area (Å²) < 4.78 is 5.35. The summed E-state index contributed by atoms with van der Waals surface area (Å²) in [6.45, 7) is 7.53. The fourth-order valence-corrected chi connectivity index (χ4v) is 2.95. The van der Waals surface area contributed by atoms with Gasteiger partial charge < -0.3 is 15.0 Å². The summed E-state index contributed by atoms with van der Waals surface area (Å²) >= 11 is 0. The quantitative estimate of drug-likeness (QED) is 0.800. The van der Waals surface area contributed by atoms with E-state index in [0.29, 0.717) is 23.8 Å². The van der Waals surface area contributed by atoms with Gasteiger partial charge in [0.2, 0.25) is 0 Å². The van der Waals surface area contributed by atoms with Crippen LogP contribution >= 0.6 is 0 Å².